The molecule has 4 rings (SSSR count). The van der Waals surface area contributed by atoms with Crippen molar-refractivity contribution in [3.8, 4) is 28.8 Å². The molecule has 5 nitrogen and oxygen atoms in total. The third-order valence-corrected chi connectivity index (χ3v) is 4.01. The average Bonchev–Trinajstić information content (AvgIpc) is 2.73. The molecular weight excluding hydrogens is 338 g/mol. The molecule has 0 bridgehead atoms. The number of benzene rings is 2. The molecule has 0 spiro atoms. The van der Waals surface area contributed by atoms with Crippen molar-refractivity contribution in [3.63, 3.8) is 0 Å². The van der Waals surface area contributed by atoms with Crippen LogP contribution in [0.1, 0.15) is 13.3 Å². The Hall–Kier alpha value is -3.47. The smallest absolute Gasteiger partial charge is 0.230 e. The van der Waals surface area contributed by atoms with Crippen LogP contribution in [-0.2, 0) is 0 Å². The van der Waals surface area contributed by atoms with Crippen molar-refractivity contribution in [2.24, 2.45) is 0 Å². The van der Waals surface area contributed by atoms with Crippen LogP contribution in [0.4, 0.5) is 0 Å². The van der Waals surface area contributed by atoms with Crippen LogP contribution >= 0.6 is 0 Å². The molecule has 134 valence electrons. The monoisotopic (exact) mass is 357 g/mol. The van der Waals surface area contributed by atoms with E-state index in [1.54, 1.807) is 12.4 Å². The minimum absolute atomic E-state index is 0.493. The average molecular weight is 357 g/mol. The van der Waals surface area contributed by atoms with Gasteiger partial charge >= 0.3 is 0 Å². The van der Waals surface area contributed by atoms with Gasteiger partial charge in [-0.3, -0.25) is 4.98 Å². The first-order valence-electron chi connectivity index (χ1n) is 8.92. The Bertz CT molecular complexity index is 1050. The summed E-state index contributed by atoms with van der Waals surface area (Å²) in [6, 6.07) is 19.2. The zero-order chi connectivity index (χ0) is 18.5. The highest BCUT2D eigenvalue weighted by molar-refractivity contribution is 5.85. The molecule has 0 N–H and O–H groups in total. The Kier molecular flexibility index (Phi) is 4.92. The Morgan fingerprint density at radius 2 is 1.67 bits per heavy atom. The van der Waals surface area contributed by atoms with Gasteiger partial charge in [0.1, 0.15) is 0 Å². The lowest BCUT2D eigenvalue weighted by Crippen LogP contribution is -1.99. The second-order valence-electron chi connectivity index (χ2n) is 6.01. The summed E-state index contributed by atoms with van der Waals surface area (Å²) < 4.78 is 12.0. The van der Waals surface area contributed by atoms with Gasteiger partial charge in [0.25, 0.3) is 0 Å². The summed E-state index contributed by atoms with van der Waals surface area (Å²) in [6.07, 6.45) is 4.39. The van der Waals surface area contributed by atoms with Crippen LogP contribution in [0.5, 0.6) is 17.4 Å². The number of aromatic nitrogens is 3. The van der Waals surface area contributed by atoms with Gasteiger partial charge in [0.05, 0.1) is 17.5 Å². The molecule has 0 saturated carbocycles. The minimum atomic E-state index is 0.493. The Balaban J connectivity index is 1.80. The van der Waals surface area contributed by atoms with E-state index in [0.29, 0.717) is 29.8 Å². The number of hydrogen-bond donors (Lipinski definition) is 0. The molecule has 2 aromatic heterocycles. The van der Waals surface area contributed by atoms with Crippen molar-refractivity contribution in [2.75, 3.05) is 6.61 Å². The molecule has 5 heteroatoms. The summed E-state index contributed by atoms with van der Waals surface area (Å²) in [4.78, 5) is 13.5. The summed E-state index contributed by atoms with van der Waals surface area (Å²) in [5.74, 6) is 2.40. The number of ether oxygens (including phenoxy) is 2. The molecular formula is C22H19N3O2. The highest BCUT2D eigenvalue weighted by atomic mass is 16.5. The van der Waals surface area contributed by atoms with Gasteiger partial charge < -0.3 is 9.47 Å². The van der Waals surface area contributed by atoms with Crippen LogP contribution < -0.4 is 9.47 Å². The molecule has 2 heterocycles. The molecule has 0 saturated heterocycles. The van der Waals surface area contributed by atoms with Crippen molar-refractivity contribution < 1.29 is 9.47 Å². The van der Waals surface area contributed by atoms with Gasteiger partial charge in [-0.1, -0.05) is 31.2 Å². The Morgan fingerprint density at radius 3 is 2.48 bits per heavy atom. The van der Waals surface area contributed by atoms with Gasteiger partial charge in [-0.15, -0.1) is 0 Å². The third-order valence-electron chi connectivity index (χ3n) is 4.01. The SMILES string of the molecule is CCCOc1ccccc1Oc1nc(-c2cccnc2)nc2ccccc12. The van der Waals surface area contributed by atoms with E-state index in [0.717, 1.165) is 22.9 Å². The van der Waals surface area contributed by atoms with Gasteiger partial charge in [-0.2, -0.15) is 4.98 Å². The normalized spacial score (nSPS) is 10.7. The van der Waals surface area contributed by atoms with Crippen molar-refractivity contribution in [1.82, 2.24) is 15.0 Å². The first-order chi connectivity index (χ1) is 13.3. The van der Waals surface area contributed by atoms with Crippen molar-refractivity contribution >= 4 is 10.9 Å². The molecule has 0 aliphatic heterocycles. The minimum Gasteiger partial charge on any atom is -0.490 e. The lowest BCUT2D eigenvalue weighted by Gasteiger charge is -2.13. The standard InChI is InChI=1S/C22H19N3O2/c1-2-14-26-19-11-5-6-12-20(19)27-22-17-9-3-4-10-18(17)24-21(25-22)16-8-7-13-23-15-16/h3-13,15H,2,14H2,1H3. The lowest BCUT2D eigenvalue weighted by molar-refractivity contribution is 0.301. The van der Waals surface area contributed by atoms with E-state index < -0.39 is 0 Å². The molecule has 0 atom stereocenters. The fourth-order valence-corrected chi connectivity index (χ4v) is 2.72. The van der Waals surface area contributed by atoms with E-state index in [9.17, 15) is 0 Å². The molecule has 4 aromatic rings. The van der Waals surface area contributed by atoms with E-state index in [-0.39, 0.29) is 0 Å². The predicted molar refractivity (Wildman–Crippen MR) is 105 cm³/mol. The number of rotatable bonds is 6. The van der Waals surface area contributed by atoms with E-state index >= 15 is 0 Å². The van der Waals surface area contributed by atoms with Crippen molar-refractivity contribution in [1.29, 1.82) is 0 Å². The maximum absolute atomic E-state index is 6.19. The van der Waals surface area contributed by atoms with E-state index in [2.05, 4.69) is 21.9 Å². The van der Waals surface area contributed by atoms with Gasteiger partial charge in [0.2, 0.25) is 5.88 Å². The molecule has 0 unspecified atom stereocenters. The first kappa shape index (κ1) is 17.0. The molecule has 2 aromatic carbocycles. The van der Waals surface area contributed by atoms with Gasteiger partial charge in [-0.05, 0) is 42.8 Å². The summed E-state index contributed by atoms with van der Waals surface area (Å²) in [6.45, 7) is 2.70. The zero-order valence-electron chi connectivity index (χ0n) is 15.0. The van der Waals surface area contributed by atoms with Gasteiger partial charge in [0, 0.05) is 18.0 Å². The fraction of sp³-hybridized carbons (Fsp3) is 0.136. The maximum Gasteiger partial charge on any atom is 0.230 e. The Morgan fingerprint density at radius 1 is 0.852 bits per heavy atom. The number of pyridine rings is 1. The second kappa shape index (κ2) is 7.83. The second-order valence-corrected chi connectivity index (χ2v) is 6.01. The summed E-state index contributed by atoms with van der Waals surface area (Å²) in [5, 5.41) is 0.843. The van der Waals surface area contributed by atoms with Crippen LogP contribution in [0, 0.1) is 0 Å². The van der Waals surface area contributed by atoms with Crippen LogP contribution in [-0.4, -0.2) is 21.6 Å². The van der Waals surface area contributed by atoms with Crippen LogP contribution in [0.3, 0.4) is 0 Å². The quantitative estimate of drug-likeness (QED) is 0.470. The summed E-state index contributed by atoms with van der Waals surface area (Å²) in [7, 11) is 0. The largest absolute Gasteiger partial charge is 0.490 e. The first-order valence-corrected chi connectivity index (χ1v) is 8.92. The zero-order valence-corrected chi connectivity index (χ0v) is 15.0. The topological polar surface area (TPSA) is 57.1 Å². The maximum atomic E-state index is 6.19. The molecule has 0 fully saturated rings. The Labute approximate surface area is 157 Å². The molecule has 0 radical (unpaired) electrons. The molecule has 0 aliphatic carbocycles. The third kappa shape index (κ3) is 3.72. The summed E-state index contributed by atoms with van der Waals surface area (Å²) >= 11 is 0. The fourth-order valence-electron chi connectivity index (χ4n) is 2.72. The number of hydrogen-bond acceptors (Lipinski definition) is 5. The number of para-hydroxylation sites is 3. The van der Waals surface area contributed by atoms with Crippen molar-refractivity contribution in [3.05, 3.63) is 73.1 Å². The van der Waals surface area contributed by atoms with Gasteiger partial charge in [0.15, 0.2) is 17.3 Å². The predicted octanol–water partition coefficient (Wildman–Crippen LogP) is 5.27. The van der Waals surface area contributed by atoms with Crippen molar-refractivity contribution in [2.45, 2.75) is 13.3 Å². The van der Waals surface area contributed by atoms with Crippen LogP contribution in [0.25, 0.3) is 22.3 Å². The molecule has 27 heavy (non-hydrogen) atoms. The lowest BCUT2D eigenvalue weighted by atomic mass is 10.2. The van der Waals surface area contributed by atoms with Crippen LogP contribution in [0.2, 0.25) is 0 Å². The summed E-state index contributed by atoms with van der Waals surface area (Å²) in [5.41, 5.74) is 1.65. The molecule has 0 amide bonds. The van der Waals surface area contributed by atoms with E-state index in [1.165, 1.54) is 0 Å². The highest BCUT2D eigenvalue weighted by Gasteiger charge is 2.13. The number of fused-ring (bicyclic) bond motifs is 1. The number of nitrogens with zero attached hydrogens (tertiary/aromatic N) is 3. The van der Waals surface area contributed by atoms with E-state index in [1.807, 2.05) is 60.7 Å². The van der Waals surface area contributed by atoms with E-state index in [4.69, 9.17) is 9.47 Å². The van der Waals surface area contributed by atoms with Gasteiger partial charge in [-0.25, -0.2) is 4.98 Å². The molecule has 0 aliphatic rings. The highest BCUT2D eigenvalue weighted by Crippen LogP contribution is 2.34. The van der Waals surface area contributed by atoms with Crippen LogP contribution in [0.15, 0.2) is 73.1 Å².